The Balaban J connectivity index is 2.37. The first kappa shape index (κ1) is 15.9. The molecule has 0 amide bonds. The fourth-order valence-electron chi connectivity index (χ4n) is 2.24. The number of ether oxygens (including phenoxy) is 1. The summed E-state index contributed by atoms with van der Waals surface area (Å²) in [6.07, 6.45) is 3.56. The predicted octanol–water partition coefficient (Wildman–Crippen LogP) is 2.59. The number of nitrogens with zero attached hydrogens (tertiary/aromatic N) is 3. The molecule has 0 saturated carbocycles. The Morgan fingerprint density at radius 2 is 2.19 bits per heavy atom. The van der Waals surface area contributed by atoms with E-state index in [4.69, 9.17) is 16.3 Å². The van der Waals surface area contributed by atoms with Crippen molar-refractivity contribution < 1.29 is 4.74 Å². The van der Waals surface area contributed by atoms with E-state index in [1.54, 1.807) is 13.3 Å². The summed E-state index contributed by atoms with van der Waals surface area (Å²) in [5.41, 5.74) is 3.01. The number of hydrogen-bond donors (Lipinski definition) is 1. The van der Waals surface area contributed by atoms with Crippen LogP contribution in [0, 0.1) is 6.92 Å². The molecular formula is C15H21ClN4O. The van der Waals surface area contributed by atoms with E-state index in [0.717, 1.165) is 23.5 Å². The summed E-state index contributed by atoms with van der Waals surface area (Å²) in [4.78, 5) is 4.38. The smallest absolute Gasteiger partial charge is 0.0837 e. The van der Waals surface area contributed by atoms with Crippen molar-refractivity contribution in [3.8, 4) is 0 Å². The van der Waals surface area contributed by atoms with Crippen LogP contribution < -0.4 is 5.32 Å². The normalized spacial score (nSPS) is 12.6. The third kappa shape index (κ3) is 3.81. The Kier molecular flexibility index (Phi) is 5.73. The number of nitrogens with one attached hydrogen (secondary N) is 1. The third-order valence-corrected chi connectivity index (χ3v) is 3.58. The highest BCUT2D eigenvalue weighted by atomic mass is 35.5. The molecule has 0 aliphatic rings. The van der Waals surface area contributed by atoms with Crippen LogP contribution in [0.3, 0.4) is 0 Å². The number of rotatable bonds is 7. The average molecular weight is 309 g/mol. The van der Waals surface area contributed by atoms with Crippen LogP contribution in [-0.2, 0) is 11.3 Å². The zero-order valence-corrected chi connectivity index (χ0v) is 13.4. The van der Waals surface area contributed by atoms with Crippen LogP contribution in [0.25, 0.3) is 0 Å². The van der Waals surface area contributed by atoms with Crippen LogP contribution in [-0.4, -0.2) is 35.0 Å². The highest BCUT2D eigenvalue weighted by Crippen LogP contribution is 2.28. The van der Waals surface area contributed by atoms with Crippen LogP contribution >= 0.6 is 11.6 Å². The van der Waals surface area contributed by atoms with Gasteiger partial charge in [0.25, 0.3) is 0 Å². The third-order valence-electron chi connectivity index (χ3n) is 3.29. The molecule has 0 aliphatic carbocycles. The van der Waals surface area contributed by atoms with Crippen molar-refractivity contribution in [3.63, 3.8) is 0 Å². The van der Waals surface area contributed by atoms with E-state index >= 15 is 0 Å². The monoisotopic (exact) mass is 308 g/mol. The second-order valence-corrected chi connectivity index (χ2v) is 5.22. The number of aromatic nitrogens is 3. The van der Waals surface area contributed by atoms with Gasteiger partial charge >= 0.3 is 0 Å². The van der Waals surface area contributed by atoms with Gasteiger partial charge in [-0.05, 0) is 25.1 Å². The molecule has 1 unspecified atom stereocenters. The summed E-state index contributed by atoms with van der Waals surface area (Å²) in [6, 6.07) is 4.04. The highest BCUT2D eigenvalue weighted by molar-refractivity contribution is 6.31. The Bertz CT molecular complexity index is 568. The molecule has 2 rings (SSSR count). The summed E-state index contributed by atoms with van der Waals surface area (Å²) >= 11 is 6.35. The molecule has 0 saturated heterocycles. The SMILES string of the molecule is CCNC(c1ccc(C)nc1)c1c(Cl)cnn1CCOC. The molecule has 2 aromatic heterocycles. The fraction of sp³-hybridized carbons (Fsp3) is 0.467. The summed E-state index contributed by atoms with van der Waals surface area (Å²) < 4.78 is 7.02. The highest BCUT2D eigenvalue weighted by Gasteiger charge is 2.21. The van der Waals surface area contributed by atoms with Crippen LogP contribution in [0.2, 0.25) is 5.02 Å². The molecule has 2 heterocycles. The minimum absolute atomic E-state index is 0.0324. The molecule has 0 bridgehead atoms. The lowest BCUT2D eigenvalue weighted by atomic mass is 10.1. The molecule has 1 N–H and O–H groups in total. The summed E-state index contributed by atoms with van der Waals surface area (Å²) in [6.45, 7) is 6.13. The van der Waals surface area contributed by atoms with Gasteiger partial charge in [-0.25, -0.2) is 0 Å². The molecule has 0 spiro atoms. The summed E-state index contributed by atoms with van der Waals surface area (Å²) in [7, 11) is 1.68. The van der Waals surface area contributed by atoms with Crippen LogP contribution in [0.4, 0.5) is 0 Å². The van der Waals surface area contributed by atoms with Crippen molar-refractivity contribution in [2.75, 3.05) is 20.3 Å². The zero-order valence-electron chi connectivity index (χ0n) is 12.6. The van der Waals surface area contributed by atoms with Crippen molar-refractivity contribution in [2.24, 2.45) is 0 Å². The number of aryl methyl sites for hydroxylation is 1. The van der Waals surface area contributed by atoms with Crippen molar-refractivity contribution in [1.29, 1.82) is 0 Å². The molecule has 5 nitrogen and oxygen atoms in total. The maximum Gasteiger partial charge on any atom is 0.0837 e. The number of pyridine rings is 1. The molecule has 1 atom stereocenters. The van der Waals surface area contributed by atoms with Crippen molar-refractivity contribution in [3.05, 3.63) is 46.5 Å². The van der Waals surface area contributed by atoms with Gasteiger partial charge in [0, 0.05) is 19.0 Å². The Morgan fingerprint density at radius 3 is 2.81 bits per heavy atom. The van der Waals surface area contributed by atoms with Crippen molar-refractivity contribution in [1.82, 2.24) is 20.1 Å². The van der Waals surface area contributed by atoms with E-state index in [2.05, 4.69) is 28.4 Å². The van der Waals surface area contributed by atoms with Gasteiger partial charge in [0.2, 0.25) is 0 Å². The lowest BCUT2D eigenvalue weighted by Crippen LogP contribution is -2.26. The second-order valence-electron chi connectivity index (χ2n) is 4.82. The molecule has 0 radical (unpaired) electrons. The minimum atomic E-state index is -0.0324. The van der Waals surface area contributed by atoms with Crippen LogP contribution in [0.1, 0.15) is 29.9 Å². The topological polar surface area (TPSA) is 52.0 Å². The molecule has 21 heavy (non-hydrogen) atoms. The van der Waals surface area contributed by atoms with Crippen molar-refractivity contribution in [2.45, 2.75) is 26.4 Å². The van der Waals surface area contributed by atoms with E-state index < -0.39 is 0 Å². The van der Waals surface area contributed by atoms with Crippen molar-refractivity contribution >= 4 is 11.6 Å². The second kappa shape index (κ2) is 7.54. The summed E-state index contributed by atoms with van der Waals surface area (Å²) in [5, 5.41) is 8.45. The average Bonchev–Trinajstić information content (AvgIpc) is 2.84. The first-order chi connectivity index (χ1) is 10.2. The molecule has 2 aromatic rings. The Morgan fingerprint density at radius 1 is 1.38 bits per heavy atom. The van der Waals surface area contributed by atoms with Gasteiger partial charge < -0.3 is 10.1 Å². The minimum Gasteiger partial charge on any atom is -0.383 e. The summed E-state index contributed by atoms with van der Waals surface area (Å²) in [5.74, 6) is 0. The number of methoxy groups -OCH3 is 1. The van der Waals surface area contributed by atoms with E-state index in [1.807, 2.05) is 23.9 Å². The lowest BCUT2D eigenvalue weighted by molar-refractivity contribution is 0.182. The first-order valence-electron chi connectivity index (χ1n) is 7.03. The van der Waals surface area contributed by atoms with E-state index in [9.17, 15) is 0 Å². The molecule has 0 aromatic carbocycles. The maximum absolute atomic E-state index is 6.35. The molecular weight excluding hydrogens is 288 g/mol. The number of halogens is 1. The van der Waals surface area contributed by atoms with Gasteiger partial charge in [0.1, 0.15) is 0 Å². The van der Waals surface area contributed by atoms with E-state index in [-0.39, 0.29) is 6.04 Å². The molecule has 114 valence electrons. The standard InChI is InChI=1S/C15H21ClN4O/c1-4-17-14(12-6-5-11(2)18-9-12)15-13(16)10-19-20(15)7-8-21-3/h5-6,9-10,14,17H,4,7-8H2,1-3H3. The Labute approximate surface area is 130 Å². The fourth-order valence-corrected chi connectivity index (χ4v) is 2.49. The maximum atomic E-state index is 6.35. The van der Waals surface area contributed by atoms with Gasteiger partial charge in [0.15, 0.2) is 0 Å². The lowest BCUT2D eigenvalue weighted by Gasteiger charge is -2.20. The quantitative estimate of drug-likeness (QED) is 0.854. The van der Waals surface area contributed by atoms with Gasteiger partial charge in [-0.1, -0.05) is 24.6 Å². The molecule has 0 aliphatic heterocycles. The van der Waals surface area contributed by atoms with Gasteiger partial charge in [-0.2, -0.15) is 5.10 Å². The van der Waals surface area contributed by atoms with E-state index in [0.29, 0.717) is 18.2 Å². The van der Waals surface area contributed by atoms with Gasteiger partial charge in [-0.3, -0.25) is 9.67 Å². The van der Waals surface area contributed by atoms with E-state index in [1.165, 1.54) is 0 Å². The molecule has 0 fully saturated rings. The Hall–Kier alpha value is -1.43. The predicted molar refractivity (Wildman–Crippen MR) is 83.6 cm³/mol. The first-order valence-corrected chi connectivity index (χ1v) is 7.41. The van der Waals surface area contributed by atoms with Crippen LogP contribution in [0.15, 0.2) is 24.5 Å². The molecule has 6 heteroatoms. The number of hydrogen-bond acceptors (Lipinski definition) is 4. The van der Waals surface area contributed by atoms with Gasteiger partial charge in [-0.15, -0.1) is 0 Å². The largest absolute Gasteiger partial charge is 0.383 e. The zero-order chi connectivity index (χ0) is 15.2. The van der Waals surface area contributed by atoms with Crippen LogP contribution in [0.5, 0.6) is 0 Å². The van der Waals surface area contributed by atoms with Gasteiger partial charge in [0.05, 0.1) is 36.1 Å².